The van der Waals surface area contributed by atoms with E-state index >= 15 is 0 Å². The van der Waals surface area contributed by atoms with Crippen molar-refractivity contribution in [3.8, 4) is 0 Å². The molecule has 23 heavy (non-hydrogen) atoms. The number of hydrogen-bond acceptors (Lipinski definition) is 3. The molecule has 5 nitrogen and oxygen atoms in total. The van der Waals surface area contributed by atoms with Crippen LogP contribution in [0.2, 0.25) is 0 Å². The molecule has 0 unspecified atom stereocenters. The molecule has 122 valence electrons. The molecule has 3 rings (SSSR count). The summed E-state index contributed by atoms with van der Waals surface area (Å²) in [5, 5.41) is 7.20. The van der Waals surface area contributed by atoms with Crippen LogP contribution >= 0.6 is 11.8 Å². The average Bonchev–Trinajstić information content (AvgIpc) is 3.13. The predicted octanol–water partition coefficient (Wildman–Crippen LogP) is 3.37. The maximum atomic E-state index is 12.4. The van der Waals surface area contributed by atoms with E-state index in [-0.39, 0.29) is 6.03 Å². The number of likely N-dealkylation sites (tertiary alicyclic amines) is 1. The zero-order valence-electron chi connectivity index (χ0n) is 13.5. The Morgan fingerprint density at radius 3 is 2.87 bits per heavy atom. The number of rotatable bonds is 4. The summed E-state index contributed by atoms with van der Waals surface area (Å²) in [6, 6.07) is 12.3. The second-order valence-electron chi connectivity index (χ2n) is 5.95. The molecule has 1 aromatic carbocycles. The number of benzene rings is 1. The lowest BCUT2D eigenvalue weighted by molar-refractivity contribution is 0.221. The van der Waals surface area contributed by atoms with E-state index in [4.69, 9.17) is 0 Å². The van der Waals surface area contributed by atoms with E-state index in [2.05, 4.69) is 34.7 Å². The molecule has 1 aliphatic rings. The van der Waals surface area contributed by atoms with Gasteiger partial charge in [-0.3, -0.25) is 10.00 Å². The number of thioether (sulfide) groups is 1. The van der Waals surface area contributed by atoms with Crippen molar-refractivity contribution in [1.29, 1.82) is 0 Å². The van der Waals surface area contributed by atoms with Crippen LogP contribution in [0.3, 0.4) is 0 Å². The molecular formula is C17H22N4OS. The molecule has 0 saturated carbocycles. The Kier molecular flexibility index (Phi) is 4.91. The molecule has 0 spiro atoms. The maximum absolute atomic E-state index is 12.4. The highest BCUT2D eigenvalue weighted by Gasteiger charge is 2.26. The second kappa shape index (κ2) is 7.08. The molecule has 2 heterocycles. The summed E-state index contributed by atoms with van der Waals surface area (Å²) in [5.74, 6) is 2.35. The Morgan fingerprint density at radius 1 is 1.39 bits per heavy atom. The fraction of sp³-hybridized carbons (Fsp3) is 0.412. The first kappa shape index (κ1) is 15.9. The van der Waals surface area contributed by atoms with E-state index in [1.165, 1.54) is 4.90 Å². The minimum Gasteiger partial charge on any atom is -0.324 e. The van der Waals surface area contributed by atoms with Gasteiger partial charge in [-0.05, 0) is 31.4 Å². The molecule has 0 radical (unpaired) electrons. The van der Waals surface area contributed by atoms with Gasteiger partial charge in [-0.25, -0.2) is 4.79 Å². The molecule has 6 heteroatoms. The van der Waals surface area contributed by atoms with Gasteiger partial charge in [0.25, 0.3) is 0 Å². The zero-order chi connectivity index (χ0) is 16.2. The molecule has 0 aliphatic carbocycles. The quantitative estimate of drug-likeness (QED) is 0.875. The van der Waals surface area contributed by atoms with Crippen molar-refractivity contribution in [2.24, 2.45) is 13.0 Å². The fourth-order valence-corrected chi connectivity index (χ4v) is 3.85. The van der Waals surface area contributed by atoms with Crippen LogP contribution in [0, 0.1) is 12.8 Å². The van der Waals surface area contributed by atoms with Crippen LogP contribution in [-0.4, -0.2) is 39.6 Å². The van der Waals surface area contributed by atoms with Gasteiger partial charge < -0.3 is 4.90 Å². The summed E-state index contributed by atoms with van der Waals surface area (Å²) < 4.78 is 1.70. The first-order valence-electron chi connectivity index (χ1n) is 7.86. The molecule has 1 fully saturated rings. The molecule has 1 saturated heterocycles. The third-order valence-corrected chi connectivity index (χ3v) is 5.28. The van der Waals surface area contributed by atoms with Crippen molar-refractivity contribution < 1.29 is 4.79 Å². The number of aryl methyl sites for hydroxylation is 2. The summed E-state index contributed by atoms with van der Waals surface area (Å²) in [7, 11) is 1.84. The molecule has 1 aromatic heterocycles. The van der Waals surface area contributed by atoms with Crippen LogP contribution < -0.4 is 5.32 Å². The van der Waals surface area contributed by atoms with Crippen LogP contribution in [-0.2, 0) is 7.05 Å². The standard InChI is InChI=1S/C17H22N4OS/c1-13-10-16(20(2)19-13)18-17(22)21-9-8-14(11-21)12-23-15-6-4-3-5-7-15/h3-7,10,14H,8-9,11-12H2,1-2H3,(H,18,22)/t14-/m0/s1. The SMILES string of the molecule is Cc1cc(NC(=O)N2CC[C@H](CSc3ccccc3)C2)n(C)n1. The molecule has 2 amide bonds. The van der Waals surface area contributed by atoms with Crippen LogP contribution in [0.25, 0.3) is 0 Å². The summed E-state index contributed by atoms with van der Waals surface area (Å²) in [6.45, 7) is 3.56. The average molecular weight is 330 g/mol. The highest BCUT2D eigenvalue weighted by Crippen LogP contribution is 2.26. The Hall–Kier alpha value is -1.95. The third-order valence-electron chi connectivity index (χ3n) is 4.04. The second-order valence-corrected chi connectivity index (χ2v) is 7.04. The fourth-order valence-electron chi connectivity index (χ4n) is 2.80. The minimum absolute atomic E-state index is 0.0276. The van der Waals surface area contributed by atoms with Crippen LogP contribution in [0.4, 0.5) is 10.6 Å². The number of amides is 2. The number of carbonyl (C=O) groups is 1. The van der Waals surface area contributed by atoms with E-state index in [0.717, 1.165) is 36.8 Å². The van der Waals surface area contributed by atoms with Crippen molar-refractivity contribution in [1.82, 2.24) is 14.7 Å². The lowest BCUT2D eigenvalue weighted by Crippen LogP contribution is -2.33. The Morgan fingerprint density at radius 2 is 2.17 bits per heavy atom. The van der Waals surface area contributed by atoms with Gasteiger partial charge in [0.15, 0.2) is 0 Å². The van der Waals surface area contributed by atoms with Gasteiger partial charge in [-0.15, -0.1) is 11.8 Å². The highest BCUT2D eigenvalue weighted by atomic mass is 32.2. The van der Waals surface area contributed by atoms with E-state index in [1.807, 2.05) is 42.8 Å². The van der Waals surface area contributed by atoms with E-state index in [1.54, 1.807) is 4.68 Å². The lowest BCUT2D eigenvalue weighted by Gasteiger charge is -2.17. The number of carbonyl (C=O) groups excluding carboxylic acids is 1. The predicted molar refractivity (Wildman–Crippen MR) is 93.8 cm³/mol. The van der Waals surface area contributed by atoms with Crippen LogP contribution in [0.1, 0.15) is 12.1 Å². The summed E-state index contributed by atoms with van der Waals surface area (Å²) in [6.07, 6.45) is 1.07. The van der Waals surface area contributed by atoms with Crippen molar-refractivity contribution in [2.45, 2.75) is 18.2 Å². The topological polar surface area (TPSA) is 50.2 Å². The number of aromatic nitrogens is 2. The molecule has 1 aliphatic heterocycles. The smallest absolute Gasteiger partial charge is 0.323 e. The van der Waals surface area contributed by atoms with Crippen molar-refractivity contribution in [2.75, 3.05) is 24.2 Å². The number of hydrogen-bond donors (Lipinski definition) is 1. The van der Waals surface area contributed by atoms with E-state index in [9.17, 15) is 4.79 Å². The summed E-state index contributed by atoms with van der Waals surface area (Å²) in [4.78, 5) is 15.6. The normalized spacial score (nSPS) is 17.5. The largest absolute Gasteiger partial charge is 0.324 e. The Balaban J connectivity index is 1.49. The molecule has 1 atom stereocenters. The molecule has 0 bridgehead atoms. The number of nitrogens with one attached hydrogen (secondary N) is 1. The zero-order valence-corrected chi connectivity index (χ0v) is 14.3. The van der Waals surface area contributed by atoms with E-state index < -0.39 is 0 Å². The monoisotopic (exact) mass is 330 g/mol. The van der Waals surface area contributed by atoms with Gasteiger partial charge in [0.2, 0.25) is 0 Å². The summed E-state index contributed by atoms with van der Waals surface area (Å²) in [5.41, 5.74) is 0.904. The van der Waals surface area contributed by atoms with Gasteiger partial charge in [0.05, 0.1) is 5.69 Å². The molecule has 2 aromatic rings. The maximum Gasteiger partial charge on any atom is 0.323 e. The number of urea groups is 1. The number of anilines is 1. The third kappa shape index (κ3) is 4.07. The van der Waals surface area contributed by atoms with Gasteiger partial charge in [-0.1, -0.05) is 18.2 Å². The molecule has 1 N–H and O–H groups in total. The first-order valence-corrected chi connectivity index (χ1v) is 8.85. The van der Waals surface area contributed by atoms with E-state index in [0.29, 0.717) is 5.92 Å². The Labute approximate surface area is 141 Å². The Bertz CT molecular complexity index is 670. The minimum atomic E-state index is -0.0276. The highest BCUT2D eigenvalue weighted by molar-refractivity contribution is 7.99. The van der Waals surface area contributed by atoms with Crippen molar-refractivity contribution in [3.63, 3.8) is 0 Å². The van der Waals surface area contributed by atoms with Gasteiger partial charge in [0.1, 0.15) is 5.82 Å². The van der Waals surface area contributed by atoms with Crippen LogP contribution in [0.5, 0.6) is 0 Å². The lowest BCUT2D eigenvalue weighted by atomic mass is 10.2. The van der Waals surface area contributed by atoms with Gasteiger partial charge in [-0.2, -0.15) is 5.10 Å². The van der Waals surface area contributed by atoms with Crippen LogP contribution in [0.15, 0.2) is 41.3 Å². The molecular weight excluding hydrogens is 308 g/mol. The first-order chi connectivity index (χ1) is 11.1. The number of nitrogens with zero attached hydrogens (tertiary/aromatic N) is 3. The van der Waals surface area contributed by atoms with Crippen molar-refractivity contribution in [3.05, 3.63) is 42.1 Å². The summed E-state index contributed by atoms with van der Waals surface area (Å²) >= 11 is 1.87. The van der Waals surface area contributed by atoms with Crippen molar-refractivity contribution >= 4 is 23.6 Å². The van der Waals surface area contributed by atoms with Gasteiger partial charge in [0, 0.05) is 36.9 Å². The van der Waals surface area contributed by atoms with Gasteiger partial charge >= 0.3 is 6.03 Å².